The van der Waals surface area contributed by atoms with Gasteiger partial charge in [0, 0.05) is 40.3 Å². The molecule has 24 heavy (non-hydrogen) atoms. The Hall–Kier alpha value is -2.58. The summed E-state index contributed by atoms with van der Waals surface area (Å²) in [7, 11) is 3.46. The van der Waals surface area contributed by atoms with E-state index in [1.807, 2.05) is 11.8 Å². The fraction of sp³-hybridized carbons (Fsp3) is 0.600. The number of carbonyl (C=O) groups is 1. The summed E-state index contributed by atoms with van der Waals surface area (Å²) in [5.41, 5.74) is 1.75. The predicted molar refractivity (Wildman–Crippen MR) is 89.3 cm³/mol. The van der Waals surface area contributed by atoms with Crippen LogP contribution in [0.5, 0.6) is 0 Å². The Morgan fingerprint density at radius 1 is 1.21 bits per heavy atom. The van der Waals surface area contributed by atoms with Crippen molar-refractivity contribution >= 4 is 23.1 Å². The molecule has 1 saturated heterocycles. The Bertz CT molecular complexity index is 832. The number of aromatic nitrogens is 4. The van der Waals surface area contributed by atoms with E-state index in [-0.39, 0.29) is 11.7 Å². The summed E-state index contributed by atoms with van der Waals surface area (Å²) in [4.78, 5) is 32.8. The molecule has 0 bridgehead atoms. The van der Waals surface area contributed by atoms with Crippen molar-refractivity contribution < 1.29 is 9.53 Å². The van der Waals surface area contributed by atoms with Gasteiger partial charge < -0.3 is 14.5 Å². The quantitative estimate of drug-likeness (QED) is 0.783. The van der Waals surface area contributed by atoms with Gasteiger partial charge in [0.25, 0.3) is 5.56 Å². The summed E-state index contributed by atoms with van der Waals surface area (Å²) in [6, 6.07) is 0. The van der Waals surface area contributed by atoms with Crippen molar-refractivity contribution in [1.82, 2.24) is 24.2 Å². The van der Waals surface area contributed by atoms with Gasteiger partial charge >= 0.3 is 6.09 Å². The van der Waals surface area contributed by atoms with Crippen molar-refractivity contribution in [3.05, 3.63) is 16.0 Å². The van der Waals surface area contributed by atoms with Gasteiger partial charge in [-0.2, -0.15) is 5.10 Å². The lowest BCUT2D eigenvalue weighted by Crippen LogP contribution is -2.50. The first kappa shape index (κ1) is 16.3. The second-order valence-corrected chi connectivity index (χ2v) is 5.86. The van der Waals surface area contributed by atoms with Crippen molar-refractivity contribution in [2.24, 2.45) is 14.1 Å². The number of carbonyl (C=O) groups excluding carboxylic acids is 1. The molecule has 0 aromatic carbocycles. The molecule has 0 saturated carbocycles. The van der Waals surface area contributed by atoms with Gasteiger partial charge in [-0.1, -0.05) is 0 Å². The van der Waals surface area contributed by atoms with Crippen LogP contribution in [0.25, 0.3) is 11.0 Å². The van der Waals surface area contributed by atoms with Crippen LogP contribution < -0.4 is 10.5 Å². The predicted octanol–water partition coefficient (Wildman–Crippen LogP) is 0.254. The molecule has 1 aliphatic heterocycles. The Morgan fingerprint density at radius 3 is 2.50 bits per heavy atom. The maximum atomic E-state index is 12.6. The maximum absolute atomic E-state index is 12.6. The molecule has 2 aromatic heterocycles. The monoisotopic (exact) mass is 334 g/mol. The van der Waals surface area contributed by atoms with Crippen molar-refractivity contribution in [3.63, 3.8) is 0 Å². The topological polar surface area (TPSA) is 85.5 Å². The molecular weight excluding hydrogens is 312 g/mol. The third kappa shape index (κ3) is 2.59. The third-order valence-electron chi connectivity index (χ3n) is 4.30. The number of hydrogen-bond donors (Lipinski definition) is 0. The average molecular weight is 334 g/mol. The number of hydrogen-bond acceptors (Lipinski definition) is 6. The molecule has 9 nitrogen and oxygen atoms in total. The van der Waals surface area contributed by atoms with Crippen LogP contribution in [0.15, 0.2) is 4.79 Å². The molecule has 0 spiro atoms. The molecule has 0 radical (unpaired) electrons. The molecule has 3 rings (SSSR count). The fourth-order valence-electron chi connectivity index (χ4n) is 3.03. The Kier molecular flexibility index (Phi) is 4.16. The van der Waals surface area contributed by atoms with Gasteiger partial charge in [-0.3, -0.25) is 14.0 Å². The summed E-state index contributed by atoms with van der Waals surface area (Å²) in [6.07, 6.45) is -0.294. The van der Waals surface area contributed by atoms with Gasteiger partial charge in [0.2, 0.25) is 5.95 Å². The number of fused-ring (bicyclic) bond motifs is 1. The fourth-order valence-corrected chi connectivity index (χ4v) is 3.03. The molecule has 2 aromatic rings. The molecule has 0 atom stereocenters. The maximum Gasteiger partial charge on any atom is 0.409 e. The van der Waals surface area contributed by atoms with Gasteiger partial charge in [0.1, 0.15) is 5.52 Å². The van der Waals surface area contributed by atoms with E-state index >= 15 is 0 Å². The summed E-state index contributed by atoms with van der Waals surface area (Å²) in [5, 5.41) is 4.29. The van der Waals surface area contributed by atoms with Crippen LogP contribution in [0, 0.1) is 6.92 Å². The van der Waals surface area contributed by atoms with E-state index in [9.17, 15) is 9.59 Å². The zero-order valence-corrected chi connectivity index (χ0v) is 14.4. The minimum atomic E-state index is -0.294. The zero-order chi connectivity index (χ0) is 17.4. The summed E-state index contributed by atoms with van der Waals surface area (Å²) in [5.74, 6) is 0.604. The van der Waals surface area contributed by atoms with Crippen molar-refractivity contribution in [3.8, 4) is 0 Å². The number of piperazine rings is 1. The van der Waals surface area contributed by atoms with Crippen LogP contribution in [0.4, 0.5) is 10.7 Å². The van der Waals surface area contributed by atoms with Crippen LogP contribution >= 0.6 is 0 Å². The molecule has 9 heteroatoms. The molecule has 1 amide bonds. The lowest BCUT2D eigenvalue weighted by Gasteiger charge is -2.35. The van der Waals surface area contributed by atoms with Gasteiger partial charge in [0.15, 0.2) is 5.52 Å². The van der Waals surface area contributed by atoms with Gasteiger partial charge in [0.05, 0.1) is 12.3 Å². The first-order valence-electron chi connectivity index (χ1n) is 8.01. The van der Waals surface area contributed by atoms with E-state index in [1.165, 1.54) is 0 Å². The number of aryl methyl sites for hydroxylation is 2. The highest BCUT2D eigenvalue weighted by Gasteiger charge is 2.25. The smallest absolute Gasteiger partial charge is 0.409 e. The second-order valence-electron chi connectivity index (χ2n) is 5.86. The van der Waals surface area contributed by atoms with Gasteiger partial charge in [-0.15, -0.1) is 0 Å². The molecule has 130 valence electrons. The van der Waals surface area contributed by atoms with Crippen LogP contribution in [0.1, 0.15) is 12.6 Å². The molecule has 1 fully saturated rings. The number of amides is 1. The number of nitrogens with zero attached hydrogens (tertiary/aromatic N) is 6. The van der Waals surface area contributed by atoms with Crippen molar-refractivity contribution in [2.75, 3.05) is 37.7 Å². The number of rotatable bonds is 2. The van der Waals surface area contributed by atoms with E-state index in [1.54, 1.807) is 35.2 Å². The molecule has 3 heterocycles. The number of ether oxygens (including phenoxy) is 1. The Labute approximate surface area is 139 Å². The van der Waals surface area contributed by atoms with Crippen LogP contribution in [0.3, 0.4) is 0 Å². The lowest BCUT2D eigenvalue weighted by molar-refractivity contribution is 0.105. The second kappa shape index (κ2) is 6.14. The minimum Gasteiger partial charge on any atom is -0.450 e. The minimum absolute atomic E-state index is 0.120. The van der Waals surface area contributed by atoms with Crippen molar-refractivity contribution in [1.29, 1.82) is 0 Å². The molecule has 0 aliphatic carbocycles. The normalized spacial score (nSPS) is 15.2. The van der Waals surface area contributed by atoms with Crippen LogP contribution in [-0.2, 0) is 18.8 Å². The largest absolute Gasteiger partial charge is 0.450 e. The van der Waals surface area contributed by atoms with Crippen molar-refractivity contribution in [2.45, 2.75) is 13.8 Å². The van der Waals surface area contributed by atoms with Crippen LogP contribution in [-0.4, -0.2) is 63.1 Å². The molecular formula is C15H22N6O3. The third-order valence-corrected chi connectivity index (χ3v) is 4.30. The summed E-state index contributed by atoms with van der Waals surface area (Å²) < 4.78 is 8.14. The SMILES string of the molecule is CCOC(=O)N1CCN(c2nc3c(C)nn(C)c3c(=O)n2C)CC1. The highest BCUT2D eigenvalue weighted by atomic mass is 16.6. The standard InChI is InChI=1S/C15H22N6O3/c1-5-24-15(23)21-8-6-20(7-9-21)14-16-11-10(2)17-19(4)12(11)13(22)18(14)3/h5-9H2,1-4H3. The molecule has 1 aliphatic rings. The Balaban J connectivity index is 1.89. The molecule has 0 unspecified atom stereocenters. The zero-order valence-electron chi connectivity index (χ0n) is 14.4. The van der Waals surface area contributed by atoms with E-state index in [4.69, 9.17) is 4.74 Å². The average Bonchev–Trinajstić information content (AvgIpc) is 2.85. The first-order chi connectivity index (χ1) is 11.4. The highest BCUT2D eigenvalue weighted by Crippen LogP contribution is 2.18. The van der Waals surface area contributed by atoms with E-state index in [2.05, 4.69) is 10.1 Å². The first-order valence-corrected chi connectivity index (χ1v) is 8.01. The van der Waals surface area contributed by atoms with E-state index in [0.29, 0.717) is 49.8 Å². The Morgan fingerprint density at radius 2 is 1.88 bits per heavy atom. The molecule has 0 N–H and O–H groups in total. The lowest BCUT2D eigenvalue weighted by atomic mass is 10.3. The number of anilines is 1. The summed E-state index contributed by atoms with van der Waals surface area (Å²) >= 11 is 0. The van der Waals surface area contributed by atoms with Gasteiger partial charge in [-0.05, 0) is 13.8 Å². The summed E-state index contributed by atoms with van der Waals surface area (Å²) in [6.45, 7) is 6.29. The van der Waals surface area contributed by atoms with Gasteiger partial charge in [-0.25, -0.2) is 9.78 Å². The highest BCUT2D eigenvalue weighted by molar-refractivity contribution is 5.77. The van der Waals surface area contributed by atoms with E-state index < -0.39 is 0 Å². The van der Waals surface area contributed by atoms with E-state index in [0.717, 1.165) is 5.69 Å². The van der Waals surface area contributed by atoms with Crippen LogP contribution in [0.2, 0.25) is 0 Å².